The van der Waals surface area contributed by atoms with Crippen LogP contribution in [0, 0.1) is 0 Å². The molecule has 0 fully saturated rings. The summed E-state index contributed by atoms with van der Waals surface area (Å²) in [5, 5.41) is 27.9. The van der Waals surface area contributed by atoms with Crippen molar-refractivity contribution in [2.24, 2.45) is 0 Å². The van der Waals surface area contributed by atoms with Crippen LogP contribution in [0.4, 0.5) is 9.59 Å². The molecule has 0 aromatic heterocycles. The molecular formula is C2H5KO6Zr. The van der Waals surface area contributed by atoms with Crippen molar-refractivity contribution < 1.29 is 56.2 Å². The Bertz CT molecular complexity index is 73.7. The summed E-state index contributed by atoms with van der Waals surface area (Å²) < 4.78 is 0. The molecule has 0 saturated carbocycles. The van der Waals surface area contributed by atoms with Crippen LogP contribution in [0.2, 0.25) is 0 Å². The van der Waals surface area contributed by atoms with Gasteiger partial charge in [0, 0.05) is 26.2 Å². The minimum absolute atomic E-state index is 0. The minimum Gasteiger partial charge on any atom is 0 e. The predicted octanol–water partition coefficient (Wildman–Crippen LogP) is -0.206. The van der Waals surface area contributed by atoms with E-state index in [1.807, 2.05) is 0 Å². The zero-order valence-corrected chi connectivity index (χ0v) is 6.56. The van der Waals surface area contributed by atoms with E-state index in [9.17, 15) is 0 Å². The summed E-state index contributed by atoms with van der Waals surface area (Å²) in [6.07, 6.45) is -3.67. The Kier molecular flexibility index (Phi) is 37.2. The van der Waals surface area contributed by atoms with E-state index in [2.05, 4.69) is 0 Å². The molecule has 0 aromatic rings. The molecule has 0 unspecified atom stereocenters. The van der Waals surface area contributed by atoms with Gasteiger partial charge in [0.05, 0.1) is 0 Å². The Morgan fingerprint density at radius 1 is 0.800 bits per heavy atom. The van der Waals surface area contributed by atoms with Gasteiger partial charge in [0.2, 0.25) is 0 Å². The zero-order chi connectivity index (χ0) is 7.15. The average Bonchev–Trinajstić information content (AvgIpc) is 1.25. The number of hydrogen-bond acceptors (Lipinski definition) is 2. The molecule has 0 atom stereocenters. The third kappa shape index (κ3) is 524. The van der Waals surface area contributed by atoms with Gasteiger partial charge < -0.3 is 20.4 Å². The fourth-order valence-electron chi connectivity index (χ4n) is 0. The molecule has 0 aliphatic rings. The SMILES string of the molecule is O=C(O)O.O=C(O)O.[KH].[Zr]. The van der Waals surface area contributed by atoms with Crippen LogP contribution in [0.5, 0.6) is 0 Å². The van der Waals surface area contributed by atoms with Crippen LogP contribution in [0.3, 0.4) is 0 Å². The average molecular weight is 255 g/mol. The van der Waals surface area contributed by atoms with Crippen molar-refractivity contribution in [1.82, 2.24) is 0 Å². The monoisotopic (exact) mass is 254 g/mol. The summed E-state index contributed by atoms with van der Waals surface area (Å²) in [4.78, 5) is 17.1. The van der Waals surface area contributed by atoms with E-state index >= 15 is 0 Å². The van der Waals surface area contributed by atoms with E-state index < -0.39 is 12.3 Å². The van der Waals surface area contributed by atoms with Gasteiger partial charge in [-0.1, -0.05) is 0 Å². The first-order chi connectivity index (χ1) is 3.46. The molecule has 0 radical (unpaired) electrons. The van der Waals surface area contributed by atoms with Crippen LogP contribution < -0.4 is 0 Å². The normalized spacial score (nSPS) is 4.80. The van der Waals surface area contributed by atoms with Gasteiger partial charge in [0.15, 0.2) is 0 Å². The van der Waals surface area contributed by atoms with E-state index in [0.717, 1.165) is 0 Å². The van der Waals surface area contributed by atoms with Gasteiger partial charge in [-0.15, -0.1) is 0 Å². The van der Waals surface area contributed by atoms with E-state index in [1.54, 1.807) is 0 Å². The Hall–Kier alpha value is 1.06. The molecule has 54 valence electrons. The van der Waals surface area contributed by atoms with Gasteiger partial charge in [0.1, 0.15) is 0 Å². The first-order valence-corrected chi connectivity index (χ1v) is 1.30. The van der Waals surface area contributed by atoms with Crippen molar-refractivity contribution in [2.45, 2.75) is 0 Å². The van der Waals surface area contributed by atoms with Crippen molar-refractivity contribution in [3.8, 4) is 0 Å². The van der Waals surface area contributed by atoms with E-state index in [-0.39, 0.29) is 77.6 Å². The van der Waals surface area contributed by atoms with E-state index in [0.29, 0.717) is 0 Å². The van der Waals surface area contributed by atoms with Crippen molar-refractivity contribution in [1.29, 1.82) is 0 Å². The van der Waals surface area contributed by atoms with Crippen LogP contribution in [-0.2, 0) is 26.2 Å². The molecule has 0 bridgehead atoms. The maximum Gasteiger partial charge on any atom is 0 e. The van der Waals surface area contributed by atoms with Crippen LogP contribution in [0.1, 0.15) is 0 Å². The maximum absolute atomic E-state index is 8.56. The van der Waals surface area contributed by atoms with Gasteiger partial charge in [-0.05, 0) is 0 Å². The maximum atomic E-state index is 8.56. The van der Waals surface area contributed by atoms with E-state index in [4.69, 9.17) is 30.0 Å². The summed E-state index contributed by atoms with van der Waals surface area (Å²) in [5.74, 6) is 0. The number of carboxylic acid groups (broad SMARTS) is 4. The van der Waals surface area contributed by atoms with Crippen LogP contribution in [0.25, 0.3) is 0 Å². The topological polar surface area (TPSA) is 115 Å². The Labute approximate surface area is 118 Å². The molecular weight excluding hydrogens is 250 g/mol. The van der Waals surface area contributed by atoms with Gasteiger partial charge in [-0.2, -0.15) is 0 Å². The smallest absolute Gasteiger partial charge is 0 e. The third-order valence-electron chi connectivity index (χ3n) is 0. The summed E-state index contributed by atoms with van der Waals surface area (Å²) in [5.41, 5.74) is 0. The van der Waals surface area contributed by atoms with Crippen LogP contribution in [-0.4, -0.2) is 84.1 Å². The van der Waals surface area contributed by atoms with Gasteiger partial charge in [-0.25, -0.2) is 9.59 Å². The van der Waals surface area contributed by atoms with Crippen molar-refractivity contribution in [3.05, 3.63) is 0 Å². The van der Waals surface area contributed by atoms with E-state index in [1.165, 1.54) is 0 Å². The Morgan fingerprint density at radius 2 is 0.800 bits per heavy atom. The fraction of sp³-hybridized carbons (Fsp3) is 0. The van der Waals surface area contributed by atoms with Crippen molar-refractivity contribution >= 4 is 63.7 Å². The molecule has 4 N–H and O–H groups in total. The molecule has 0 heterocycles. The molecule has 10 heavy (non-hydrogen) atoms. The largest absolute Gasteiger partial charge is 0 e. The molecule has 0 aliphatic carbocycles. The third-order valence-corrected chi connectivity index (χ3v) is 0. The van der Waals surface area contributed by atoms with Crippen molar-refractivity contribution in [3.63, 3.8) is 0 Å². The fourth-order valence-corrected chi connectivity index (χ4v) is 0. The molecule has 0 aromatic carbocycles. The van der Waals surface area contributed by atoms with Crippen LogP contribution >= 0.6 is 0 Å². The molecule has 6 nitrogen and oxygen atoms in total. The second-order valence-electron chi connectivity index (χ2n) is 0.565. The number of rotatable bonds is 0. The quantitative estimate of drug-likeness (QED) is 0.445. The molecule has 0 rings (SSSR count). The molecule has 0 saturated heterocycles. The second-order valence-corrected chi connectivity index (χ2v) is 0.565. The second kappa shape index (κ2) is 16.6. The zero-order valence-electron chi connectivity index (χ0n) is 4.11. The summed E-state index contributed by atoms with van der Waals surface area (Å²) in [7, 11) is 0. The first kappa shape index (κ1) is 22.5. The minimum atomic E-state index is -1.83. The first-order valence-electron chi connectivity index (χ1n) is 1.30. The Morgan fingerprint density at radius 3 is 0.800 bits per heavy atom. The molecule has 0 spiro atoms. The van der Waals surface area contributed by atoms with Gasteiger partial charge in [-0.3, -0.25) is 0 Å². The Balaban J connectivity index is -0.0000000300. The summed E-state index contributed by atoms with van der Waals surface area (Å²) in [6.45, 7) is 0. The molecule has 0 amide bonds. The molecule has 8 heteroatoms. The summed E-state index contributed by atoms with van der Waals surface area (Å²) >= 11 is 0. The number of hydrogen-bond donors (Lipinski definition) is 4. The standard InChI is InChI=1S/2CH2O3.K.Zr.H/c2*2-1(3)4;;;/h2*(H2,2,3,4);;;. The van der Waals surface area contributed by atoms with Gasteiger partial charge >= 0.3 is 63.7 Å². The molecule has 0 aliphatic heterocycles. The predicted molar refractivity (Wildman–Crippen MR) is 28.5 cm³/mol. The summed E-state index contributed by atoms with van der Waals surface area (Å²) in [6, 6.07) is 0. The van der Waals surface area contributed by atoms with Gasteiger partial charge in [0.25, 0.3) is 0 Å². The van der Waals surface area contributed by atoms with Crippen molar-refractivity contribution in [2.75, 3.05) is 0 Å². The number of carbonyl (C=O) groups is 2. The van der Waals surface area contributed by atoms with Crippen LogP contribution in [0.15, 0.2) is 0 Å².